The molecule has 20 heavy (non-hydrogen) atoms. The standard InChI is InChI=1S/C15H15NO4/c1-8-12(18-9(2)17)10-5-6-16-7-11(10)14-13(8)19-15(3,4)20-14/h5-7H,1-4H3. The Morgan fingerprint density at radius 3 is 2.65 bits per heavy atom. The van der Waals surface area contributed by atoms with E-state index >= 15 is 0 Å². The van der Waals surface area contributed by atoms with Gasteiger partial charge in [0.1, 0.15) is 5.75 Å². The van der Waals surface area contributed by atoms with E-state index in [1.807, 2.05) is 20.8 Å². The van der Waals surface area contributed by atoms with E-state index in [0.717, 1.165) is 16.3 Å². The number of ether oxygens (including phenoxy) is 3. The largest absolute Gasteiger partial charge is 0.449 e. The molecule has 0 saturated heterocycles. The summed E-state index contributed by atoms with van der Waals surface area (Å²) in [6.45, 7) is 6.89. The highest BCUT2D eigenvalue weighted by molar-refractivity contribution is 5.98. The van der Waals surface area contributed by atoms with Gasteiger partial charge in [-0.3, -0.25) is 9.78 Å². The van der Waals surface area contributed by atoms with Gasteiger partial charge in [-0.15, -0.1) is 0 Å². The number of pyridine rings is 1. The Kier molecular flexibility index (Phi) is 2.61. The number of benzene rings is 1. The second kappa shape index (κ2) is 4.10. The number of rotatable bonds is 1. The highest BCUT2D eigenvalue weighted by atomic mass is 16.7. The Morgan fingerprint density at radius 2 is 1.95 bits per heavy atom. The molecule has 0 unspecified atom stereocenters. The lowest BCUT2D eigenvalue weighted by atomic mass is 10.1. The minimum Gasteiger partial charge on any atom is -0.449 e. The fraction of sp³-hybridized carbons (Fsp3) is 0.333. The molecule has 0 bridgehead atoms. The number of fused-ring (bicyclic) bond motifs is 3. The average Bonchev–Trinajstić information content (AvgIpc) is 2.70. The predicted molar refractivity (Wildman–Crippen MR) is 73.1 cm³/mol. The first-order chi connectivity index (χ1) is 9.39. The van der Waals surface area contributed by atoms with Crippen LogP contribution in [0.5, 0.6) is 17.2 Å². The Morgan fingerprint density at radius 1 is 1.25 bits per heavy atom. The Bertz CT molecular complexity index is 721. The molecule has 0 N–H and O–H groups in total. The van der Waals surface area contributed by atoms with Crippen molar-refractivity contribution >= 4 is 16.7 Å². The highest BCUT2D eigenvalue weighted by Crippen LogP contribution is 2.50. The van der Waals surface area contributed by atoms with Crippen LogP contribution >= 0.6 is 0 Å². The molecule has 0 spiro atoms. The second-order valence-corrected chi connectivity index (χ2v) is 5.23. The summed E-state index contributed by atoms with van der Waals surface area (Å²) < 4.78 is 17.0. The zero-order valence-electron chi connectivity index (χ0n) is 11.8. The molecule has 1 aliphatic rings. The smallest absolute Gasteiger partial charge is 0.308 e. The first-order valence-corrected chi connectivity index (χ1v) is 6.36. The molecular weight excluding hydrogens is 258 g/mol. The minimum absolute atomic E-state index is 0.371. The molecule has 5 heteroatoms. The van der Waals surface area contributed by atoms with Crippen LogP contribution in [0.15, 0.2) is 18.5 Å². The maximum Gasteiger partial charge on any atom is 0.308 e. The maximum atomic E-state index is 11.3. The van der Waals surface area contributed by atoms with Crippen LogP contribution in [0, 0.1) is 6.92 Å². The third-order valence-electron chi connectivity index (χ3n) is 3.14. The van der Waals surface area contributed by atoms with Gasteiger partial charge in [0.05, 0.1) is 0 Å². The summed E-state index contributed by atoms with van der Waals surface area (Å²) in [6, 6.07) is 1.80. The molecule has 0 amide bonds. The number of nitrogens with zero attached hydrogens (tertiary/aromatic N) is 1. The van der Waals surface area contributed by atoms with Gasteiger partial charge in [0.15, 0.2) is 11.5 Å². The molecule has 0 atom stereocenters. The number of hydrogen-bond acceptors (Lipinski definition) is 5. The van der Waals surface area contributed by atoms with E-state index in [2.05, 4.69) is 4.98 Å². The van der Waals surface area contributed by atoms with Crippen molar-refractivity contribution in [1.29, 1.82) is 0 Å². The minimum atomic E-state index is -0.745. The van der Waals surface area contributed by atoms with Crippen LogP contribution in [-0.4, -0.2) is 16.7 Å². The number of hydrogen-bond donors (Lipinski definition) is 0. The van der Waals surface area contributed by atoms with Crippen molar-refractivity contribution in [3.05, 3.63) is 24.0 Å². The van der Waals surface area contributed by atoms with E-state index < -0.39 is 5.79 Å². The third kappa shape index (κ3) is 1.86. The maximum absolute atomic E-state index is 11.3. The summed E-state index contributed by atoms with van der Waals surface area (Å²) in [5.41, 5.74) is 0.750. The lowest BCUT2D eigenvalue weighted by molar-refractivity contribution is -0.131. The summed E-state index contributed by atoms with van der Waals surface area (Å²) in [4.78, 5) is 15.4. The summed E-state index contributed by atoms with van der Waals surface area (Å²) in [7, 11) is 0. The number of esters is 1. The lowest BCUT2D eigenvalue weighted by Crippen LogP contribution is -2.29. The molecule has 2 heterocycles. The zero-order valence-corrected chi connectivity index (χ0v) is 11.8. The van der Waals surface area contributed by atoms with E-state index in [0.29, 0.717) is 17.2 Å². The fourth-order valence-electron chi connectivity index (χ4n) is 2.38. The van der Waals surface area contributed by atoms with Crippen molar-refractivity contribution < 1.29 is 19.0 Å². The number of carbonyl (C=O) groups excluding carboxylic acids is 1. The highest BCUT2D eigenvalue weighted by Gasteiger charge is 2.36. The van der Waals surface area contributed by atoms with Crippen LogP contribution in [0.4, 0.5) is 0 Å². The lowest BCUT2D eigenvalue weighted by Gasteiger charge is -2.16. The first kappa shape index (κ1) is 12.7. The molecule has 104 valence electrons. The Balaban J connectivity index is 2.34. The van der Waals surface area contributed by atoms with Crippen molar-refractivity contribution in [2.45, 2.75) is 33.5 Å². The molecule has 2 aromatic rings. The van der Waals surface area contributed by atoms with Crippen molar-refractivity contribution in [1.82, 2.24) is 4.98 Å². The summed E-state index contributed by atoms with van der Waals surface area (Å²) in [5, 5.41) is 1.56. The molecular formula is C15H15NO4. The van der Waals surface area contributed by atoms with Crippen LogP contribution in [-0.2, 0) is 4.79 Å². The first-order valence-electron chi connectivity index (χ1n) is 6.36. The van der Waals surface area contributed by atoms with Crippen LogP contribution in [0.3, 0.4) is 0 Å². The topological polar surface area (TPSA) is 57.7 Å². The monoisotopic (exact) mass is 273 g/mol. The van der Waals surface area contributed by atoms with Gasteiger partial charge in [-0.1, -0.05) is 0 Å². The quantitative estimate of drug-likeness (QED) is 0.590. The number of aromatic nitrogens is 1. The summed E-state index contributed by atoms with van der Waals surface area (Å²) in [5.74, 6) is 0.627. The fourth-order valence-corrected chi connectivity index (χ4v) is 2.38. The molecule has 0 saturated carbocycles. The van der Waals surface area contributed by atoms with E-state index in [4.69, 9.17) is 14.2 Å². The van der Waals surface area contributed by atoms with Crippen molar-refractivity contribution in [2.24, 2.45) is 0 Å². The molecule has 5 nitrogen and oxygen atoms in total. The van der Waals surface area contributed by atoms with E-state index in [1.54, 1.807) is 18.5 Å². The van der Waals surface area contributed by atoms with Gasteiger partial charge in [-0.25, -0.2) is 0 Å². The molecule has 0 aliphatic carbocycles. The van der Waals surface area contributed by atoms with E-state index in [9.17, 15) is 4.79 Å². The molecule has 0 radical (unpaired) electrons. The third-order valence-corrected chi connectivity index (χ3v) is 3.14. The Hall–Kier alpha value is -2.30. The van der Waals surface area contributed by atoms with Crippen molar-refractivity contribution in [3.8, 4) is 17.2 Å². The molecule has 1 aromatic heterocycles. The van der Waals surface area contributed by atoms with E-state index in [-0.39, 0.29) is 5.97 Å². The van der Waals surface area contributed by atoms with Crippen molar-refractivity contribution in [2.75, 3.05) is 0 Å². The predicted octanol–water partition coefficient (Wildman–Crippen LogP) is 2.98. The SMILES string of the molecule is CC(=O)Oc1c(C)c2c(c3cnccc13)OC(C)(C)O2. The van der Waals surface area contributed by atoms with Crippen LogP contribution < -0.4 is 14.2 Å². The normalized spacial score (nSPS) is 15.4. The van der Waals surface area contributed by atoms with Gasteiger partial charge in [0.25, 0.3) is 0 Å². The second-order valence-electron chi connectivity index (χ2n) is 5.23. The molecule has 1 aliphatic heterocycles. The van der Waals surface area contributed by atoms with Crippen LogP contribution in [0.2, 0.25) is 0 Å². The molecule has 3 rings (SSSR count). The van der Waals surface area contributed by atoms with E-state index in [1.165, 1.54) is 6.92 Å². The summed E-state index contributed by atoms with van der Waals surface area (Å²) in [6.07, 6.45) is 3.34. The van der Waals surface area contributed by atoms with Gasteiger partial charge in [-0.2, -0.15) is 0 Å². The molecule has 1 aromatic carbocycles. The van der Waals surface area contributed by atoms with Crippen molar-refractivity contribution in [3.63, 3.8) is 0 Å². The van der Waals surface area contributed by atoms with Gasteiger partial charge in [0, 0.05) is 49.5 Å². The number of carbonyl (C=O) groups is 1. The average molecular weight is 273 g/mol. The van der Waals surface area contributed by atoms with Gasteiger partial charge in [0.2, 0.25) is 5.79 Å². The molecule has 0 fully saturated rings. The van der Waals surface area contributed by atoms with Crippen LogP contribution in [0.25, 0.3) is 10.8 Å². The summed E-state index contributed by atoms with van der Waals surface area (Å²) >= 11 is 0. The van der Waals surface area contributed by atoms with Gasteiger partial charge in [-0.05, 0) is 13.0 Å². The zero-order chi connectivity index (χ0) is 14.5. The van der Waals surface area contributed by atoms with Gasteiger partial charge < -0.3 is 14.2 Å². The van der Waals surface area contributed by atoms with Gasteiger partial charge >= 0.3 is 5.97 Å². The van der Waals surface area contributed by atoms with Crippen LogP contribution in [0.1, 0.15) is 26.3 Å². The Labute approximate surface area is 116 Å².